The Kier molecular flexibility index (Phi) is 9.79. The van der Waals surface area contributed by atoms with Gasteiger partial charge in [0.05, 0.1) is 29.9 Å². The number of likely N-dealkylation sites (tertiary alicyclic amines) is 1. The lowest BCUT2D eigenvalue weighted by atomic mass is 9.95. The Balaban J connectivity index is 2.03. The van der Waals surface area contributed by atoms with Gasteiger partial charge in [0.15, 0.2) is 0 Å². The summed E-state index contributed by atoms with van der Waals surface area (Å²) in [5.74, 6) is -0.414. The van der Waals surface area contributed by atoms with Crippen LogP contribution in [0.2, 0.25) is 5.02 Å². The maximum Gasteiger partial charge on any atom is 0.295 e. The lowest BCUT2D eigenvalue weighted by molar-refractivity contribution is -0.140. The van der Waals surface area contributed by atoms with Crippen molar-refractivity contribution >= 4 is 29.1 Å². The molecule has 1 heterocycles. The van der Waals surface area contributed by atoms with Gasteiger partial charge in [-0.15, -0.1) is 0 Å². The molecule has 0 radical (unpaired) electrons. The maximum atomic E-state index is 13.2. The Hall–Kier alpha value is -3.03. The molecule has 1 amide bonds. The normalized spacial score (nSPS) is 17.2. The molecule has 8 heteroatoms. The smallest absolute Gasteiger partial charge is 0.295 e. The van der Waals surface area contributed by atoms with Gasteiger partial charge in [-0.3, -0.25) is 9.59 Å². The molecule has 0 aromatic heterocycles. The molecule has 1 aliphatic rings. The van der Waals surface area contributed by atoms with E-state index in [0.29, 0.717) is 48.3 Å². The van der Waals surface area contributed by atoms with Crippen LogP contribution in [-0.2, 0) is 9.59 Å². The number of hydrogen-bond acceptors (Lipinski definition) is 6. The van der Waals surface area contributed by atoms with Gasteiger partial charge in [-0.05, 0) is 75.8 Å². The SMILES string of the molecule is CCOc1ccc(C2/C(=C(\O)c3ccc(OCC)c(Cl)c3)C(=O)C(=O)N2CCCN(CC)CC)cc1. The van der Waals surface area contributed by atoms with E-state index in [-0.39, 0.29) is 11.3 Å². The number of rotatable bonds is 12. The first-order valence-electron chi connectivity index (χ1n) is 12.5. The summed E-state index contributed by atoms with van der Waals surface area (Å²) in [7, 11) is 0. The first-order chi connectivity index (χ1) is 17.4. The number of carbonyl (C=O) groups excluding carboxylic acids is 2. The molecule has 1 atom stereocenters. The highest BCUT2D eigenvalue weighted by molar-refractivity contribution is 6.46. The second kappa shape index (κ2) is 12.8. The summed E-state index contributed by atoms with van der Waals surface area (Å²) in [6, 6.07) is 11.4. The number of Topliss-reactive ketones (excluding diaryl/α,β-unsaturated/α-hetero) is 1. The number of benzene rings is 2. The van der Waals surface area contributed by atoms with Crippen molar-refractivity contribution in [1.29, 1.82) is 0 Å². The van der Waals surface area contributed by atoms with E-state index in [1.54, 1.807) is 23.1 Å². The molecule has 2 aromatic rings. The summed E-state index contributed by atoms with van der Waals surface area (Å²) in [6.07, 6.45) is 0.706. The standard InChI is InChI=1S/C28H35ClN2O5/c1-5-30(6-2)16-9-17-31-25(19-10-13-21(14-11-19)35-7-3)24(27(33)28(31)34)26(32)20-12-15-23(36-8-4)22(29)18-20/h10-15,18,25,32H,5-9,16-17H2,1-4H3/b26-24+. The van der Waals surface area contributed by atoms with Crippen molar-refractivity contribution in [2.45, 2.75) is 40.2 Å². The third-order valence-electron chi connectivity index (χ3n) is 6.32. The largest absolute Gasteiger partial charge is 0.507 e. The zero-order chi connectivity index (χ0) is 26.2. The number of ether oxygens (including phenoxy) is 2. The first-order valence-corrected chi connectivity index (χ1v) is 12.9. The highest BCUT2D eigenvalue weighted by Crippen LogP contribution is 2.40. The van der Waals surface area contributed by atoms with Crippen molar-refractivity contribution in [3.05, 3.63) is 64.2 Å². The number of hydrogen-bond donors (Lipinski definition) is 1. The number of aliphatic hydroxyl groups excluding tert-OH is 1. The molecule has 7 nitrogen and oxygen atoms in total. The second-order valence-corrected chi connectivity index (χ2v) is 8.86. The summed E-state index contributed by atoms with van der Waals surface area (Å²) in [6.45, 7) is 11.9. The van der Waals surface area contributed by atoms with E-state index >= 15 is 0 Å². The minimum absolute atomic E-state index is 0.0484. The molecule has 2 aromatic carbocycles. The van der Waals surface area contributed by atoms with E-state index in [1.165, 1.54) is 0 Å². The van der Waals surface area contributed by atoms with Gasteiger partial charge in [0, 0.05) is 12.1 Å². The van der Waals surface area contributed by atoms with Crippen LogP contribution in [0, 0.1) is 0 Å². The van der Waals surface area contributed by atoms with Crippen LogP contribution in [0.3, 0.4) is 0 Å². The van der Waals surface area contributed by atoms with E-state index in [1.807, 2.05) is 38.1 Å². The number of aliphatic hydroxyl groups is 1. The van der Waals surface area contributed by atoms with E-state index < -0.39 is 17.7 Å². The Morgan fingerprint density at radius 3 is 2.25 bits per heavy atom. The van der Waals surface area contributed by atoms with Crippen LogP contribution in [0.25, 0.3) is 5.76 Å². The Labute approximate surface area is 218 Å². The molecule has 1 fully saturated rings. The van der Waals surface area contributed by atoms with Crippen LogP contribution in [0.1, 0.15) is 51.3 Å². The van der Waals surface area contributed by atoms with Crippen molar-refractivity contribution in [2.75, 3.05) is 39.4 Å². The molecule has 0 saturated carbocycles. The summed E-state index contributed by atoms with van der Waals surface area (Å²) in [5.41, 5.74) is 1.12. The number of halogens is 1. The van der Waals surface area contributed by atoms with Crippen molar-refractivity contribution in [3.63, 3.8) is 0 Å². The quantitative estimate of drug-likeness (QED) is 0.235. The van der Waals surface area contributed by atoms with Gasteiger partial charge in [-0.25, -0.2) is 0 Å². The van der Waals surface area contributed by atoms with Crippen molar-refractivity contribution in [2.24, 2.45) is 0 Å². The Morgan fingerprint density at radius 1 is 1.00 bits per heavy atom. The van der Waals surface area contributed by atoms with E-state index in [4.69, 9.17) is 21.1 Å². The highest BCUT2D eigenvalue weighted by Gasteiger charge is 2.45. The Bertz CT molecular complexity index is 1100. The Morgan fingerprint density at radius 2 is 1.67 bits per heavy atom. The maximum absolute atomic E-state index is 13.2. The van der Waals surface area contributed by atoms with Gasteiger partial charge >= 0.3 is 0 Å². The van der Waals surface area contributed by atoms with Crippen LogP contribution in [0.5, 0.6) is 11.5 Å². The van der Waals surface area contributed by atoms with E-state index in [0.717, 1.165) is 25.2 Å². The molecular formula is C28H35ClN2O5. The molecule has 1 unspecified atom stereocenters. The number of amides is 1. The molecule has 0 spiro atoms. The minimum atomic E-state index is -0.720. The molecule has 0 aliphatic carbocycles. The predicted molar refractivity (Wildman–Crippen MR) is 142 cm³/mol. The van der Waals surface area contributed by atoms with Crippen LogP contribution in [-0.4, -0.2) is 66.0 Å². The molecule has 1 N–H and O–H groups in total. The third-order valence-corrected chi connectivity index (χ3v) is 6.62. The lowest BCUT2D eigenvalue weighted by Gasteiger charge is -2.27. The molecule has 194 valence electrons. The minimum Gasteiger partial charge on any atom is -0.507 e. The zero-order valence-corrected chi connectivity index (χ0v) is 22.2. The number of nitrogens with zero attached hydrogens (tertiary/aromatic N) is 2. The third kappa shape index (κ3) is 6.02. The summed E-state index contributed by atoms with van der Waals surface area (Å²) in [4.78, 5) is 30.2. The average molecular weight is 515 g/mol. The predicted octanol–water partition coefficient (Wildman–Crippen LogP) is 5.29. The van der Waals surface area contributed by atoms with Crippen LogP contribution < -0.4 is 9.47 Å². The van der Waals surface area contributed by atoms with Crippen molar-refractivity contribution < 1.29 is 24.2 Å². The van der Waals surface area contributed by atoms with Gasteiger partial charge < -0.3 is 24.4 Å². The number of ketones is 1. The lowest BCUT2D eigenvalue weighted by Crippen LogP contribution is -2.33. The molecule has 36 heavy (non-hydrogen) atoms. The second-order valence-electron chi connectivity index (χ2n) is 8.45. The average Bonchev–Trinajstić information content (AvgIpc) is 3.13. The fourth-order valence-corrected chi connectivity index (χ4v) is 4.69. The monoisotopic (exact) mass is 514 g/mol. The van der Waals surface area contributed by atoms with Crippen LogP contribution in [0.4, 0.5) is 0 Å². The summed E-state index contributed by atoms with van der Waals surface area (Å²) >= 11 is 6.34. The van der Waals surface area contributed by atoms with E-state index in [2.05, 4.69) is 18.7 Å². The fourth-order valence-electron chi connectivity index (χ4n) is 4.45. The van der Waals surface area contributed by atoms with Gasteiger partial charge in [0.2, 0.25) is 0 Å². The van der Waals surface area contributed by atoms with Gasteiger partial charge in [0.25, 0.3) is 11.7 Å². The van der Waals surface area contributed by atoms with Gasteiger partial charge in [0.1, 0.15) is 17.3 Å². The fraction of sp³-hybridized carbons (Fsp3) is 0.429. The molecule has 3 rings (SSSR count). The van der Waals surface area contributed by atoms with Gasteiger partial charge in [-0.1, -0.05) is 37.6 Å². The van der Waals surface area contributed by atoms with Crippen molar-refractivity contribution in [3.8, 4) is 11.5 Å². The summed E-state index contributed by atoms with van der Waals surface area (Å²) < 4.78 is 11.0. The molecule has 1 aliphatic heterocycles. The number of carbonyl (C=O) groups is 2. The zero-order valence-electron chi connectivity index (χ0n) is 21.4. The van der Waals surface area contributed by atoms with E-state index in [9.17, 15) is 14.7 Å². The molecule has 0 bridgehead atoms. The highest BCUT2D eigenvalue weighted by atomic mass is 35.5. The molecule has 1 saturated heterocycles. The molecular weight excluding hydrogens is 480 g/mol. The van der Waals surface area contributed by atoms with Crippen LogP contribution in [0.15, 0.2) is 48.0 Å². The summed E-state index contributed by atoms with van der Waals surface area (Å²) in [5, 5.41) is 11.6. The van der Waals surface area contributed by atoms with Crippen LogP contribution >= 0.6 is 11.6 Å². The van der Waals surface area contributed by atoms with Gasteiger partial charge in [-0.2, -0.15) is 0 Å². The van der Waals surface area contributed by atoms with Crippen molar-refractivity contribution in [1.82, 2.24) is 9.80 Å². The topological polar surface area (TPSA) is 79.3 Å². The first kappa shape index (κ1) is 27.6.